The van der Waals surface area contributed by atoms with E-state index < -0.39 is 0 Å². The van der Waals surface area contributed by atoms with Crippen LogP contribution in [0, 0.1) is 5.82 Å². The van der Waals surface area contributed by atoms with Gasteiger partial charge in [-0.05, 0) is 31.9 Å². The van der Waals surface area contributed by atoms with Gasteiger partial charge >= 0.3 is 0 Å². The minimum atomic E-state index is -0.361. The molecule has 1 rings (SSSR count). The van der Waals surface area contributed by atoms with E-state index in [0.717, 1.165) is 25.8 Å². The third-order valence-corrected chi connectivity index (χ3v) is 2.47. The van der Waals surface area contributed by atoms with Gasteiger partial charge in [0.05, 0.1) is 6.61 Å². The number of nitrogens with zero attached hydrogens (tertiary/aromatic N) is 1. The monoisotopic (exact) mass is 252 g/mol. The first-order valence-electron chi connectivity index (χ1n) is 6.37. The van der Waals surface area contributed by atoms with E-state index in [2.05, 4.69) is 23.8 Å². The fraction of sp³-hybridized carbons (Fsp3) is 0.500. The van der Waals surface area contributed by atoms with Gasteiger partial charge in [-0.15, -0.1) is 6.58 Å². The quantitative estimate of drug-likeness (QED) is 0.542. The van der Waals surface area contributed by atoms with Crippen LogP contribution in [-0.2, 0) is 6.54 Å². The Morgan fingerprint density at radius 2 is 2.39 bits per heavy atom. The van der Waals surface area contributed by atoms with Gasteiger partial charge in [-0.1, -0.05) is 13.0 Å². The molecule has 0 aliphatic carbocycles. The van der Waals surface area contributed by atoms with Crippen molar-refractivity contribution in [1.29, 1.82) is 0 Å². The molecule has 0 spiro atoms. The molecule has 18 heavy (non-hydrogen) atoms. The van der Waals surface area contributed by atoms with Crippen molar-refractivity contribution in [3.8, 4) is 5.88 Å². The molecule has 100 valence electrons. The van der Waals surface area contributed by atoms with E-state index in [0.29, 0.717) is 18.7 Å². The molecule has 1 aromatic rings. The van der Waals surface area contributed by atoms with Crippen LogP contribution >= 0.6 is 0 Å². The van der Waals surface area contributed by atoms with Gasteiger partial charge < -0.3 is 10.1 Å². The number of unbranched alkanes of at least 4 members (excludes halogenated alkanes) is 1. The highest BCUT2D eigenvalue weighted by Crippen LogP contribution is 2.17. The molecule has 4 heteroatoms. The second-order valence-electron chi connectivity index (χ2n) is 4.05. The first kappa shape index (κ1) is 14.6. The van der Waals surface area contributed by atoms with Crippen molar-refractivity contribution in [2.24, 2.45) is 0 Å². The van der Waals surface area contributed by atoms with Crippen molar-refractivity contribution in [3.05, 3.63) is 36.3 Å². The molecule has 0 amide bonds. The van der Waals surface area contributed by atoms with Crippen LogP contribution in [0.3, 0.4) is 0 Å². The van der Waals surface area contributed by atoms with Crippen molar-refractivity contribution in [2.45, 2.75) is 32.7 Å². The van der Waals surface area contributed by atoms with Crippen molar-refractivity contribution < 1.29 is 9.13 Å². The lowest BCUT2D eigenvalue weighted by Gasteiger charge is -2.09. The Labute approximate surface area is 108 Å². The number of nitrogens with one attached hydrogen (secondary N) is 1. The maximum absolute atomic E-state index is 14.0. The Morgan fingerprint density at radius 3 is 3.11 bits per heavy atom. The zero-order chi connectivity index (χ0) is 13.2. The lowest BCUT2D eigenvalue weighted by Crippen LogP contribution is -2.15. The molecule has 3 nitrogen and oxygen atoms in total. The Hall–Kier alpha value is -1.42. The molecule has 1 heterocycles. The zero-order valence-corrected chi connectivity index (χ0v) is 10.9. The summed E-state index contributed by atoms with van der Waals surface area (Å²) in [6.45, 7) is 7.54. The summed E-state index contributed by atoms with van der Waals surface area (Å²) in [6, 6.07) is 1.68. The highest BCUT2D eigenvalue weighted by Gasteiger charge is 2.10. The van der Waals surface area contributed by atoms with Crippen LogP contribution in [0.15, 0.2) is 24.9 Å². The number of hydrogen-bond donors (Lipinski definition) is 1. The van der Waals surface area contributed by atoms with Crippen molar-refractivity contribution in [2.75, 3.05) is 13.2 Å². The van der Waals surface area contributed by atoms with Crippen LogP contribution < -0.4 is 10.1 Å². The Bertz CT molecular complexity index is 369. The SMILES string of the molecule is C=CCCCOc1nccc(CNCCC)c1F. The number of aromatic nitrogens is 1. The normalized spacial score (nSPS) is 10.3. The molecule has 0 fully saturated rings. The third kappa shape index (κ3) is 4.84. The van der Waals surface area contributed by atoms with E-state index in [1.807, 2.05) is 6.08 Å². The summed E-state index contributed by atoms with van der Waals surface area (Å²) >= 11 is 0. The van der Waals surface area contributed by atoms with Gasteiger partial charge in [0.15, 0.2) is 5.82 Å². The van der Waals surface area contributed by atoms with E-state index in [1.54, 1.807) is 12.3 Å². The Balaban J connectivity index is 2.52. The van der Waals surface area contributed by atoms with Gasteiger partial charge in [0.2, 0.25) is 0 Å². The van der Waals surface area contributed by atoms with Crippen LogP contribution in [-0.4, -0.2) is 18.1 Å². The predicted octanol–water partition coefficient (Wildman–Crippen LogP) is 3.07. The average Bonchev–Trinajstić information content (AvgIpc) is 2.38. The highest BCUT2D eigenvalue weighted by atomic mass is 19.1. The lowest BCUT2D eigenvalue weighted by atomic mass is 10.2. The molecule has 0 aliphatic heterocycles. The Kier molecular flexibility index (Phi) is 7.03. The van der Waals surface area contributed by atoms with Crippen molar-refractivity contribution in [1.82, 2.24) is 10.3 Å². The number of hydrogen-bond acceptors (Lipinski definition) is 3. The molecule has 0 saturated carbocycles. The average molecular weight is 252 g/mol. The van der Waals surface area contributed by atoms with Crippen LogP contribution in [0.5, 0.6) is 5.88 Å². The number of rotatable bonds is 9. The van der Waals surface area contributed by atoms with E-state index in [4.69, 9.17) is 4.74 Å². The Morgan fingerprint density at radius 1 is 1.56 bits per heavy atom. The van der Waals surface area contributed by atoms with Gasteiger partial charge in [0, 0.05) is 18.3 Å². The van der Waals surface area contributed by atoms with Crippen LogP contribution in [0.4, 0.5) is 4.39 Å². The van der Waals surface area contributed by atoms with Crippen LogP contribution in [0.1, 0.15) is 31.7 Å². The van der Waals surface area contributed by atoms with Gasteiger partial charge in [-0.3, -0.25) is 0 Å². The molecule has 0 unspecified atom stereocenters. The molecule has 0 bridgehead atoms. The maximum atomic E-state index is 14.0. The molecule has 0 saturated heterocycles. The number of ether oxygens (including phenoxy) is 1. The van der Waals surface area contributed by atoms with Gasteiger partial charge in [0.1, 0.15) is 0 Å². The molecule has 0 aromatic carbocycles. The molecular formula is C14H21FN2O. The summed E-state index contributed by atoms with van der Waals surface area (Å²) in [5.41, 5.74) is 0.595. The molecule has 0 atom stereocenters. The first-order chi connectivity index (χ1) is 8.79. The smallest absolute Gasteiger partial charge is 0.250 e. The standard InChI is InChI=1S/C14H21FN2O/c1-3-5-6-10-18-14-13(15)12(7-9-17-14)11-16-8-4-2/h3,7,9,16H,1,4-6,8,10-11H2,2H3. The molecular weight excluding hydrogens is 231 g/mol. The first-order valence-corrected chi connectivity index (χ1v) is 6.37. The minimum absolute atomic E-state index is 0.0925. The van der Waals surface area contributed by atoms with E-state index in [9.17, 15) is 4.39 Å². The second-order valence-corrected chi connectivity index (χ2v) is 4.05. The lowest BCUT2D eigenvalue weighted by molar-refractivity contribution is 0.282. The third-order valence-electron chi connectivity index (χ3n) is 2.47. The van der Waals surface area contributed by atoms with Crippen molar-refractivity contribution >= 4 is 0 Å². The van der Waals surface area contributed by atoms with E-state index >= 15 is 0 Å². The van der Waals surface area contributed by atoms with Gasteiger partial charge in [-0.25, -0.2) is 9.37 Å². The second kappa shape index (κ2) is 8.64. The van der Waals surface area contributed by atoms with E-state index in [1.165, 1.54) is 0 Å². The summed E-state index contributed by atoms with van der Waals surface area (Å²) in [4.78, 5) is 3.91. The highest BCUT2D eigenvalue weighted by molar-refractivity contribution is 5.23. The van der Waals surface area contributed by atoms with Crippen molar-refractivity contribution in [3.63, 3.8) is 0 Å². The zero-order valence-electron chi connectivity index (χ0n) is 10.9. The fourth-order valence-electron chi connectivity index (χ4n) is 1.50. The van der Waals surface area contributed by atoms with Gasteiger partial charge in [-0.2, -0.15) is 0 Å². The summed E-state index contributed by atoms with van der Waals surface area (Å²) in [7, 11) is 0. The fourth-order valence-corrected chi connectivity index (χ4v) is 1.50. The number of halogens is 1. The molecule has 0 radical (unpaired) electrons. The maximum Gasteiger partial charge on any atom is 0.250 e. The molecule has 1 aromatic heterocycles. The summed E-state index contributed by atoms with van der Waals surface area (Å²) in [5.74, 6) is -0.269. The number of pyridine rings is 1. The summed E-state index contributed by atoms with van der Waals surface area (Å²) in [5, 5.41) is 3.16. The topological polar surface area (TPSA) is 34.1 Å². The summed E-state index contributed by atoms with van der Waals surface area (Å²) < 4.78 is 19.3. The largest absolute Gasteiger partial charge is 0.476 e. The molecule has 1 N–H and O–H groups in total. The number of allylic oxidation sites excluding steroid dienone is 1. The summed E-state index contributed by atoms with van der Waals surface area (Å²) in [6.07, 6.45) is 6.10. The van der Waals surface area contributed by atoms with Crippen LogP contribution in [0.25, 0.3) is 0 Å². The van der Waals surface area contributed by atoms with Gasteiger partial charge in [0.25, 0.3) is 5.88 Å². The van der Waals surface area contributed by atoms with Crippen LogP contribution in [0.2, 0.25) is 0 Å². The predicted molar refractivity (Wildman–Crippen MR) is 71.1 cm³/mol. The van der Waals surface area contributed by atoms with E-state index in [-0.39, 0.29) is 11.7 Å². The molecule has 0 aliphatic rings. The minimum Gasteiger partial charge on any atom is -0.476 e.